The summed E-state index contributed by atoms with van der Waals surface area (Å²) in [6.45, 7) is 15.4. The predicted molar refractivity (Wildman–Crippen MR) is 72.4 cm³/mol. The smallest absolute Gasteiger partial charge is 0.0000126 e. The van der Waals surface area contributed by atoms with E-state index in [4.69, 9.17) is 0 Å². The van der Waals surface area contributed by atoms with Crippen molar-refractivity contribution in [1.29, 1.82) is 0 Å². The Kier molecular flexibility index (Phi) is 13.9. The monoisotopic (exact) mass is 215 g/mol. The minimum Gasteiger partial charge on any atom is -0.316 e. The summed E-state index contributed by atoms with van der Waals surface area (Å²) in [5.74, 6) is 0. The van der Waals surface area contributed by atoms with Gasteiger partial charge in [-0.15, -0.1) is 0 Å². The molecule has 0 heterocycles. The maximum atomic E-state index is 3.50. The average molecular weight is 215 g/mol. The molecule has 0 aromatic heterocycles. The molecule has 0 saturated carbocycles. The molecule has 0 bridgehead atoms. The van der Waals surface area contributed by atoms with E-state index in [1.807, 2.05) is 13.8 Å². The molecule has 0 aromatic carbocycles. The second kappa shape index (κ2) is 12.0. The Labute approximate surface area is 98.0 Å². The normalized spacial score (nSPS) is 10.8. The van der Waals surface area contributed by atoms with Gasteiger partial charge in [-0.2, -0.15) is 0 Å². The van der Waals surface area contributed by atoms with E-state index in [1.165, 1.54) is 38.6 Å². The molecular formula is C14H33N. The summed E-state index contributed by atoms with van der Waals surface area (Å²) in [4.78, 5) is 0. The number of rotatable bonds is 7. The van der Waals surface area contributed by atoms with Crippen LogP contribution in [0.25, 0.3) is 0 Å². The van der Waals surface area contributed by atoms with E-state index in [0.29, 0.717) is 5.41 Å². The van der Waals surface area contributed by atoms with Gasteiger partial charge in [-0.05, 0) is 24.9 Å². The first-order valence-electron chi connectivity index (χ1n) is 6.77. The van der Waals surface area contributed by atoms with Gasteiger partial charge in [0.05, 0.1) is 0 Å². The van der Waals surface area contributed by atoms with Crippen LogP contribution in [0, 0.1) is 5.41 Å². The van der Waals surface area contributed by atoms with Crippen LogP contribution >= 0.6 is 0 Å². The fraction of sp³-hybridized carbons (Fsp3) is 1.00. The van der Waals surface area contributed by atoms with Crippen LogP contribution in [-0.4, -0.2) is 13.1 Å². The van der Waals surface area contributed by atoms with Gasteiger partial charge in [-0.3, -0.25) is 0 Å². The molecule has 0 aromatic rings. The lowest BCUT2D eigenvalue weighted by molar-refractivity contribution is 0.377. The first-order chi connectivity index (χ1) is 7.06. The third kappa shape index (κ3) is 20.1. The fourth-order valence-electron chi connectivity index (χ4n) is 1.32. The van der Waals surface area contributed by atoms with Crippen molar-refractivity contribution in [3.05, 3.63) is 0 Å². The Morgan fingerprint density at radius 2 is 1.40 bits per heavy atom. The summed E-state index contributed by atoms with van der Waals surface area (Å²) in [5, 5.41) is 3.50. The maximum Gasteiger partial charge on any atom is -0.0000126 e. The minimum atomic E-state index is 0.434. The van der Waals surface area contributed by atoms with Crippen LogP contribution in [0.1, 0.15) is 73.6 Å². The Hall–Kier alpha value is -0.0400. The van der Waals surface area contributed by atoms with Gasteiger partial charge in [-0.1, -0.05) is 67.2 Å². The highest BCUT2D eigenvalue weighted by molar-refractivity contribution is 4.64. The van der Waals surface area contributed by atoms with Crippen molar-refractivity contribution in [1.82, 2.24) is 5.32 Å². The zero-order valence-corrected chi connectivity index (χ0v) is 11.9. The van der Waals surface area contributed by atoms with Gasteiger partial charge < -0.3 is 5.32 Å². The van der Waals surface area contributed by atoms with E-state index in [2.05, 4.69) is 33.0 Å². The predicted octanol–water partition coefficient (Wildman–Crippen LogP) is 4.62. The molecule has 1 nitrogen and oxygen atoms in total. The Balaban J connectivity index is 0. The molecule has 0 aliphatic heterocycles. The van der Waals surface area contributed by atoms with Gasteiger partial charge in [0.2, 0.25) is 0 Å². The molecular weight excluding hydrogens is 182 g/mol. The topological polar surface area (TPSA) is 12.0 Å². The van der Waals surface area contributed by atoms with E-state index in [0.717, 1.165) is 6.54 Å². The maximum absolute atomic E-state index is 3.50. The van der Waals surface area contributed by atoms with Gasteiger partial charge in [0.1, 0.15) is 0 Å². The zero-order valence-electron chi connectivity index (χ0n) is 11.9. The first kappa shape index (κ1) is 17.4. The van der Waals surface area contributed by atoms with Crippen molar-refractivity contribution in [2.45, 2.75) is 73.6 Å². The van der Waals surface area contributed by atoms with E-state index in [9.17, 15) is 0 Å². The van der Waals surface area contributed by atoms with Gasteiger partial charge >= 0.3 is 0 Å². The quantitative estimate of drug-likeness (QED) is 0.611. The molecule has 0 aliphatic rings. The molecule has 15 heavy (non-hydrogen) atoms. The van der Waals surface area contributed by atoms with Gasteiger partial charge in [-0.25, -0.2) is 0 Å². The Morgan fingerprint density at radius 3 is 1.87 bits per heavy atom. The van der Waals surface area contributed by atoms with Crippen LogP contribution in [-0.2, 0) is 0 Å². The van der Waals surface area contributed by atoms with Gasteiger partial charge in [0.15, 0.2) is 0 Å². The van der Waals surface area contributed by atoms with Gasteiger partial charge in [0.25, 0.3) is 0 Å². The van der Waals surface area contributed by atoms with Crippen LogP contribution < -0.4 is 5.32 Å². The molecule has 1 heteroatoms. The molecule has 0 saturated heterocycles. The Bertz CT molecular complexity index is 102. The summed E-state index contributed by atoms with van der Waals surface area (Å²) in [5.41, 5.74) is 0.434. The summed E-state index contributed by atoms with van der Waals surface area (Å²) >= 11 is 0. The largest absolute Gasteiger partial charge is 0.316 e. The van der Waals surface area contributed by atoms with Gasteiger partial charge in [0, 0.05) is 0 Å². The van der Waals surface area contributed by atoms with Crippen LogP contribution in [0.4, 0.5) is 0 Å². The van der Waals surface area contributed by atoms with Crippen LogP contribution in [0.2, 0.25) is 0 Å². The standard InChI is InChI=1S/C12H27N.C2H6/c1-5-6-7-8-9-10-13-11-12(2,3)4;1-2/h13H,5-11H2,1-4H3;1-2H3. The van der Waals surface area contributed by atoms with Crippen molar-refractivity contribution in [3.63, 3.8) is 0 Å². The molecule has 0 fully saturated rings. The van der Waals surface area contributed by atoms with Crippen molar-refractivity contribution in [2.24, 2.45) is 5.41 Å². The zero-order chi connectivity index (χ0) is 12.2. The molecule has 0 spiro atoms. The molecule has 0 aliphatic carbocycles. The van der Waals surface area contributed by atoms with E-state index >= 15 is 0 Å². The molecule has 1 N–H and O–H groups in total. The second-order valence-electron chi connectivity index (χ2n) is 5.15. The highest BCUT2D eigenvalue weighted by atomic mass is 14.9. The summed E-state index contributed by atoms with van der Waals surface area (Å²) < 4.78 is 0. The number of hydrogen-bond acceptors (Lipinski definition) is 1. The van der Waals surface area contributed by atoms with Crippen molar-refractivity contribution < 1.29 is 0 Å². The molecule has 0 unspecified atom stereocenters. The lowest BCUT2D eigenvalue weighted by Crippen LogP contribution is -2.27. The lowest BCUT2D eigenvalue weighted by Gasteiger charge is -2.18. The van der Waals surface area contributed by atoms with E-state index in [1.54, 1.807) is 0 Å². The van der Waals surface area contributed by atoms with Crippen molar-refractivity contribution >= 4 is 0 Å². The first-order valence-corrected chi connectivity index (χ1v) is 6.77. The minimum absolute atomic E-state index is 0.434. The van der Waals surface area contributed by atoms with Crippen LogP contribution in [0.3, 0.4) is 0 Å². The third-order valence-electron chi connectivity index (χ3n) is 2.11. The van der Waals surface area contributed by atoms with E-state index < -0.39 is 0 Å². The lowest BCUT2D eigenvalue weighted by atomic mass is 9.97. The highest BCUT2D eigenvalue weighted by Gasteiger charge is 2.07. The summed E-state index contributed by atoms with van der Waals surface area (Å²) in [6, 6.07) is 0. The molecule has 94 valence electrons. The van der Waals surface area contributed by atoms with Crippen LogP contribution in [0.15, 0.2) is 0 Å². The number of nitrogens with one attached hydrogen (secondary N) is 1. The fourth-order valence-corrected chi connectivity index (χ4v) is 1.32. The molecule has 0 rings (SSSR count). The molecule has 0 amide bonds. The second-order valence-corrected chi connectivity index (χ2v) is 5.15. The van der Waals surface area contributed by atoms with Crippen molar-refractivity contribution in [3.8, 4) is 0 Å². The third-order valence-corrected chi connectivity index (χ3v) is 2.11. The van der Waals surface area contributed by atoms with Crippen molar-refractivity contribution in [2.75, 3.05) is 13.1 Å². The van der Waals surface area contributed by atoms with E-state index in [-0.39, 0.29) is 0 Å². The SMILES string of the molecule is CC.CCCCCCCNCC(C)(C)C. The highest BCUT2D eigenvalue weighted by Crippen LogP contribution is 2.10. The average Bonchev–Trinajstić information content (AvgIpc) is 2.18. The summed E-state index contributed by atoms with van der Waals surface area (Å²) in [7, 11) is 0. The molecule has 0 atom stereocenters. The molecule has 0 radical (unpaired) electrons. The van der Waals surface area contributed by atoms with Crippen LogP contribution in [0.5, 0.6) is 0 Å². The number of unbranched alkanes of at least 4 members (excludes halogenated alkanes) is 4. The number of hydrogen-bond donors (Lipinski definition) is 1. The summed E-state index contributed by atoms with van der Waals surface area (Å²) in [6.07, 6.45) is 6.89. The Morgan fingerprint density at radius 1 is 0.867 bits per heavy atom.